The number of rotatable bonds is 55. The molecule has 3 aliphatic heterocycles. The van der Waals surface area contributed by atoms with Gasteiger partial charge in [0.05, 0.1) is 38.6 Å². The van der Waals surface area contributed by atoms with Crippen LogP contribution in [-0.2, 0) is 33.2 Å². The Hall–Kier alpha value is -4.07. The molecule has 3 heterocycles. The second kappa shape index (κ2) is 57.5. The predicted octanol–water partition coefficient (Wildman–Crippen LogP) is 10.9. The minimum Gasteiger partial charge on any atom is -0.394 e. The predicted molar refractivity (Wildman–Crippen MR) is 383 cm³/mol. The fourth-order valence-corrected chi connectivity index (χ4v) is 11.6. The van der Waals surface area contributed by atoms with Crippen LogP contribution in [0.1, 0.15) is 219 Å². The molecule has 0 bridgehead atoms. The van der Waals surface area contributed by atoms with Crippen molar-refractivity contribution < 1.29 is 89.4 Å². The van der Waals surface area contributed by atoms with Gasteiger partial charge >= 0.3 is 0 Å². The zero-order valence-electron chi connectivity index (χ0n) is 58.7. The number of aliphatic hydroxyl groups is 11. The third-order valence-corrected chi connectivity index (χ3v) is 17.5. The van der Waals surface area contributed by atoms with Crippen molar-refractivity contribution in [1.82, 2.24) is 5.32 Å². The van der Waals surface area contributed by atoms with Gasteiger partial charge in [-0.2, -0.15) is 0 Å². The number of nitrogens with one attached hydrogen (secondary N) is 1. The molecule has 0 radical (unpaired) electrons. The molecule has 3 aliphatic rings. The number of unbranched alkanes of at least 4 members (excludes halogenated alkanes) is 17. The maximum absolute atomic E-state index is 13.4. The van der Waals surface area contributed by atoms with Crippen molar-refractivity contribution >= 4 is 5.91 Å². The standard InChI is InChI=1S/C78H129NO18/c1-3-5-7-9-11-13-15-17-18-19-20-21-22-23-24-25-26-27-28-29-30-31-32-33-34-35-36-37-38-39-40-41-42-44-46-48-50-52-54-56-66(84)79-61(62(83)55-53-51-49-47-45-43-16-14-12-10-8-6-4-2)60-92-76-72(90)69(87)74(64(58-81)94-76)97-78-73(91)70(88)75(65(59-82)95-78)96-77-71(89)68(86)67(85)63(57-80)93-77/h5,7,11,13,17-18,20-21,23-24,26-27,29-30,32-33,35-36,38-39,41-42,61-65,67-78,80-83,85-91H,3-4,6,8-10,12,14-16,19,22,25,28,31,34,37,40,43-60H2,1-2H3,(H,79,84)/b7-5-,13-11-,18-17-,21-20-,24-23-,27-26-,30-29-,33-32-,36-35-,39-38-,42-41-. The minimum atomic E-state index is -1.98. The van der Waals surface area contributed by atoms with Gasteiger partial charge in [0.15, 0.2) is 18.9 Å². The third kappa shape index (κ3) is 38.5. The number of carbonyl (C=O) groups is 1. The molecule has 0 aliphatic carbocycles. The summed E-state index contributed by atoms with van der Waals surface area (Å²) in [5, 5.41) is 121. The normalized spacial score (nSPS) is 27.7. The average molecular weight is 1370 g/mol. The number of hydrogen-bond donors (Lipinski definition) is 12. The molecule has 0 aromatic heterocycles. The molecular formula is C78H129NO18. The molecule has 19 nitrogen and oxygen atoms in total. The van der Waals surface area contributed by atoms with Crippen LogP contribution < -0.4 is 5.32 Å². The van der Waals surface area contributed by atoms with Crippen LogP contribution in [0.3, 0.4) is 0 Å². The molecule has 3 fully saturated rings. The summed E-state index contributed by atoms with van der Waals surface area (Å²) in [6.45, 7) is 1.64. The molecule has 12 N–H and O–H groups in total. The molecule has 0 saturated carbocycles. The molecule has 19 heteroatoms. The second-order valence-corrected chi connectivity index (χ2v) is 25.7. The lowest BCUT2D eigenvalue weighted by Gasteiger charge is -2.48. The zero-order chi connectivity index (χ0) is 70.4. The summed E-state index contributed by atoms with van der Waals surface area (Å²) >= 11 is 0. The monoisotopic (exact) mass is 1370 g/mol. The summed E-state index contributed by atoms with van der Waals surface area (Å²) < 4.78 is 34.4. The third-order valence-electron chi connectivity index (χ3n) is 17.5. The number of aliphatic hydroxyl groups excluding tert-OH is 11. The highest BCUT2D eigenvalue weighted by atomic mass is 16.8. The van der Waals surface area contributed by atoms with Crippen LogP contribution in [0.25, 0.3) is 0 Å². The molecule has 0 spiro atoms. The fraction of sp³-hybridized carbons (Fsp3) is 0.705. The maximum Gasteiger partial charge on any atom is 0.220 e. The van der Waals surface area contributed by atoms with E-state index in [1.807, 2.05) is 0 Å². The van der Waals surface area contributed by atoms with Crippen LogP contribution in [0, 0.1) is 0 Å². The summed E-state index contributed by atoms with van der Waals surface area (Å²) in [5.74, 6) is -0.268. The van der Waals surface area contributed by atoms with Gasteiger partial charge < -0.3 is 89.9 Å². The van der Waals surface area contributed by atoms with E-state index in [9.17, 15) is 61.0 Å². The lowest BCUT2D eigenvalue weighted by atomic mass is 9.96. The number of allylic oxidation sites excluding steroid dienone is 22. The Kier molecular flexibility index (Phi) is 51.7. The van der Waals surface area contributed by atoms with Crippen LogP contribution in [0.4, 0.5) is 0 Å². The van der Waals surface area contributed by atoms with Gasteiger partial charge in [0.2, 0.25) is 5.91 Å². The molecule has 17 unspecified atom stereocenters. The van der Waals surface area contributed by atoms with E-state index in [4.69, 9.17) is 28.4 Å². The van der Waals surface area contributed by atoms with Gasteiger partial charge in [0, 0.05) is 6.42 Å². The number of hydrogen-bond acceptors (Lipinski definition) is 18. The second-order valence-electron chi connectivity index (χ2n) is 25.7. The number of ether oxygens (including phenoxy) is 6. The van der Waals surface area contributed by atoms with E-state index in [1.165, 1.54) is 57.8 Å². The van der Waals surface area contributed by atoms with Crippen LogP contribution in [0.2, 0.25) is 0 Å². The first-order valence-electron chi connectivity index (χ1n) is 36.9. The van der Waals surface area contributed by atoms with E-state index >= 15 is 0 Å². The van der Waals surface area contributed by atoms with Gasteiger partial charge in [-0.3, -0.25) is 4.79 Å². The van der Waals surface area contributed by atoms with Gasteiger partial charge in [-0.05, 0) is 96.3 Å². The van der Waals surface area contributed by atoms with Crippen molar-refractivity contribution in [2.45, 2.75) is 324 Å². The van der Waals surface area contributed by atoms with Gasteiger partial charge in [-0.15, -0.1) is 0 Å². The van der Waals surface area contributed by atoms with E-state index < -0.39 is 124 Å². The van der Waals surface area contributed by atoms with E-state index in [0.717, 1.165) is 122 Å². The smallest absolute Gasteiger partial charge is 0.220 e. The quantitative estimate of drug-likeness (QED) is 0.0199. The minimum absolute atomic E-state index is 0.235. The Morgan fingerprint density at radius 1 is 0.381 bits per heavy atom. The van der Waals surface area contributed by atoms with E-state index in [1.54, 1.807) is 0 Å². The van der Waals surface area contributed by atoms with Crippen LogP contribution in [0.15, 0.2) is 134 Å². The molecule has 97 heavy (non-hydrogen) atoms. The topological polar surface area (TPSA) is 307 Å². The summed E-state index contributed by atoms with van der Waals surface area (Å²) in [6, 6.07) is -0.907. The van der Waals surface area contributed by atoms with Crippen LogP contribution in [-0.4, -0.2) is 193 Å². The number of carbonyl (C=O) groups excluding carboxylic acids is 1. The molecule has 3 rings (SSSR count). The summed E-state index contributed by atoms with van der Waals surface area (Å²) in [6.07, 6.45) is 54.0. The average Bonchev–Trinajstić information content (AvgIpc) is 0.809. The summed E-state index contributed by atoms with van der Waals surface area (Å²) in [5.41, 5.74) is 0. The Morgan fingerprint density at radius 2 is 0.711 bits per heavy atom. The SMILES string of the molecule is CC/C=C\C/C=C\C/C=C\C/C=C\C/C=C\C/C=C\C/C=C\C/C=C\C/C=C\C/C=C\C/C=C\CCCCCCCC(=O)NC(COC1OC(CO)C(OC2OC(CO)C(OC3OC(CO)C(O)C(O)C3O)C(O)C2O)C(O)C1O)C(O)CCCCCCCCCCCCCCC. The molecule has 1 amide bonds. The lowest BCUT2D eigenvalue weighted by molar-refractivity contribution is -0.379. The van der Waals surface area contributed by atoms with Crippen molar-refractivity contribution in [1.29, 1.82) is 0 Å². The molecule has 554 valence electrons. The zero-order valence-corrected chi connectivity index (χ0v) is 58.7. The van der Waals surface area contributed by atoms with Crippen molar-refractivity contribution in [3.63, 3.8) is 0 Å². The first kappa shape index (κ1) is 87.1. The molecular weight excluding hydrogens is 1240 g/mol. The highest BCUT2D eigenvalue weighted by Gasteiger charge is 2.53. The van der Waals surface area contributed by atoms with Gasteiger partial charge in [-0.1, -0.05) is 250 Å². The summed E-state index contributed by atoms with van der Waals surface area (Å²) in [7, 11) is 0. The Labute approximate surface area is 581 Å². The van der Waals surface area contributed by atoms with E-state index in [2.05, 4.69) is 153 Å². The van der Waals surface area contributed by atoms with Crippen molar-refractivity contribution in [2.75, 3.05) is 26.4 Å². The Balaban J connectivity index is 1.35. The van der Waals surface area contributed by atoms with Crippen molar-refractivity contribution in [3.05, 3.63) is 134 Å². The molecule has 17 atom stereocenters. The number of amides is 1. The van der Waals surface area contributed by atoms with Crippen LogP contribution >= 0.6 is 0 Å². The van der Waals surface area contributed by atoms with Crippen molar-refractivity contribution in [2.24, 2.45) is 0 Å². The van der Waals surface area contributed by atoms with Gasteiger partial charge in [0.25, 0.3) is 0 Å². The molecule has 0 aromatic rings. The maximum atomic E-state index is 13.4. The van der Waals surface area contributed by atoms with Crippen molar-refractivity contribution in [3.8, 4) is 0 Å². The highest BCUT2D eigenvalue weighted by molar-refractivity contribution is 5.76. The van der Waals surface area contributed by atoms with Gasteiger partial charge in [-0.25, -0.2) is 0 Å². The molecule has 0 aromatic carbocycles. The van der Waals surface area contributed by atoms with Gasteiger partial charge in [0.1, 0.15) is 73.2 Å². The Morgan fingerprint density at radius 3 is 1.11 bits per heavy atom. The first-order valence-corrected chi connectivity index (χ1v) is 36.9. The first-order chi connectivity index (χ1) is 47.3. The fourth-order valence-electron chi connectivity index (χ4n) is 11.6. The largest absolute Gasteiger partial charge is 0.394 e. The molecule has 3 saturated heterocycles. The van der Waals surface area contributed by atoms with E-state index in [0.29, 0.717) is 19.3 Å². The summed E-state index contributed by atoms with van der Waals surface area (Å²) in [4.78, 5) is 13.4. The highest BCUT2D eigenvalue weighted by Crippen LogP contribution is 2.33. The lowest BCUT2D eigenvalue weighted by Crippen LogP contribution is -2.66. The van der Waals surface area contributed by atoms with E-state index in [-0.39, 0.29) is 18.9 Å². The Bertz CT molecular complexity index is 2280. The van der Waals surface area contributed by atoms with Crippen LogP contribution in [0.5, 0.6) is 0 Å².